The molecule has 6 aliphatic heterocycles. The molecular formula is C54H63FN10O5. The van der Waals surface area contributed by atoms with Gasteiger partial charge in [-0.3, -0.25) is 24.7 Å². The van der Waals surface area contributed by atoms with Crippen LogP contribution >= 0.6 is 0 Å². The minimum absolute atomic E-state index is 0.00522. The first-order valence-electron chi connectivity index (χ1n) is 25.7. The van der Waals surface area contributed by atoms with E-state index in [1.165, 1.54) is 0 Å². The number of benzene rings is 3. The van der Waals surface area contributed by atoms with Gasteiger partial charge in [-0.2, -0.15) is 9.97 Å². The first-order chi connectivity index (χ1) is 34.0. The van der Waals surface area contributed by atoms with E-state index in [1.54, 1.807) is 23.2 Å². The highest BCUT2D eigenvalue weighted by Crippen LogP contribution is 2.47. The Morgan fingerprint density at radius 1 is 0.886 bits per heavy atom. The minimum atomic E-state index is -0.608. The summed E-state index contributed by atoms with van der Waals surface area (Å²) in [6, 6.07) is 16.7. The number of aromatic hydroxyl groups is 1. The number of carbonyl (C=O) groups is 3. The van der Waals surface area contributed by atoms with Crippen LogP contribution in [-0.2, 0) is 22.6 Å². The minimum Gasteiger partial charge on any atom is -0.508 e. The molecule has 2 bridgehead atoms. The van der Waals surface area contributed by atoms with Gasteiger partial charge in [-0.15, -0.1) is 0 Å². The molecule has 8 heterocycles. The highest BCUT2D eigenvalue weighted by atomic mass is 19.1. The molecule has 0 spiro atoms. The van der Waals surface area contributed by atoms with E-state index >= 15 is 4.39 Å². The third-order valence-corrected chi connectivity index (χ3v) is 16.9. The molecule has 7 aliphatic rings. The molecule has 70 heavy (non-hydrogen) atoms. The van der Waals surface area contributed by atoms with Gasteiger partial charge in [-0.05, 0) is 137 Å². The Balaban J connectivity index is 0.686. The SMILES string of the molecule is CCc1cccc2cc(O)cc(-c3ncc4c(N5CC6CCC(C5)N6)nc(OCC5(CN6CCC(N(C)C7CCN(c8ccc9c(c8)CN([C@H]8CCC(=O)NC8=O)C9=O)CC7)CC6)CC5)nc4c3F)c12. The van der Waals surface area contributed by atoms with Gasteiger partial charge in [-0.1, -0.05) is 25.1 Å². The maximum Gasteiger partial charge on any atom is 0.319 e. The van der Waals surface area contributed by atoms with Crippen LogP contribution in [0.4, 0.5) is 15.9 Å². The summed E-state index contributed by atoms with van der Waals surface area (Å²) in [7, 11) is 2.31. The van der Waals surface area contributed by atoms with Crippen LogP contribution in [0, 0.1) is 11.2 Å². The summed E-state index contributed by atoms with van der Waals surface area (Å²) in [5, 5.41) is 19.2. The van der Waals surface area contributed by atoms with E-state index in [9.17, 15) is 19.5 Å². The number of aromatic nitrogens is 3. The van der Waals surface area contributed by atoms with E-state index in [2.05, 4.69) is 50.3 Å². The number of fused-ring (bicyclic) bond motifs is 5. The van der Waals surface area contributed by atoms with Crippen LogP contribution in [-0.4, -0.2) is 142 Å². The lowest BCUT2D eigenvalue weighted by molar-refractivity contribution is -0.136. The van der Waals surface area contributed by atoms with Gasteiger partial charge in [-0.25, -0.2) is 4.39 Å². The largest absolute Gasteiger partial charge is 0.508 e. The van der Waals surface area contributed by atoms with Crippen molar-refractivity contribution in [3.05, 3.63) is 77.2 Å². The predicted octanol–water partition coefficient (Wildman–Crippen LogP) is 6.18. The number of nitrogens with zero attached hydrogens (tertiary/aromatic N) is 8. The molecule has 0 radical (unpaired) electrons. The number of pyridine rings is 1. The number of phenolic OH excluding ortho intramolecular Hbond substituents is 1. The third kappa shape index (κ3) is 8.38. The number of halogens is 1. The van der Waals surface area contributed by atoms with Crippen molar-refractivity contribution in [1.82, 2.24) is 40.3 Å². The van der Waals surface area contributed by atoms with Crippen molar-refractivity contribution >= 4 is 50.9 Å². The van der Waals surface area contributed by atoms with Crippen molar-refractivity contribution < 1.29 is 28.6 Å². The Labute approximate surface area is 407 Å². The van der Waals surface area contributed by atoms with Gasteiger partial charge in [0, 0.05) is 98.3 Å². The van der Waals surface area contributed by atoms with Crippen LogP contribution in [0.3, 0.4) is 0 Å². The summed E-state index contributed by atoms with van der Waals surface area (Å²) in [6.07, 6.45) is 11.8. The zero-order valence-electron chi connectivity index (χ0n) is 40.3. The topological polar surface area (TPSA) is 160 Å². The second-order valence-corrected chi connectivity index (χ2v) is 21.3. The zero-order chi connectivity index (χ0) is 47.8. The number of anilines is 2. The predicted molar refractivity (Wildman–Crippen MR) is 266 cm³/mol. The van der Waals surface area contributed by atoms with E-state index in [-0.39, 0.29) is 52.5 Å². The molecule has 12 rings (SSSR count). The molecule has 3 atom stereocenters. The summed E-state index contributed by atoms with van der Waals surface area (Å²) < 4.78 is 23.8. The lowest BCUT2D eigenvalue weighted by Crippen LogP contribution is -2.52. The molecule has 5 aromatic rings. The Kier molecular flexibility index (Phi) is 11.6. The lowest BCUT2D eigenvalue weighted by atomic mass is 9.95. The number of aryl methyl sites for hydroxylation is 1. The molecule has 3 N–H and O–H groups in total. The molecular weight excluding hydrogens is 888 g/mol. The van der Waals surface area contributed by atoms with Gasteiger partial charge in [0.05, 0.1) is 12.0 Å². The summed E-state index contributed by atoms with van der Waals surface area (Å²) in [5.74, 6) is -0.622. The zero-order valence-corrected chi connectivity index (χ0v) is 40.3. The molecule has 2 unspecified atom stereocenters. The Morgan fingerprint density at radius 2 is 1.64 bits per heavy atom. The monoisotopic (exact) mass is 950 g/mol. The quantitative estimate of drug-likeness (QED) is 0.122. The number of phenols is 1. The number of hydrogen-bond acceptors (Lipinski definition) is 13. The van der Waals surface area contributed by atoms with Gasteiger partial charge < -0.3 is 39.7 Å². The molecule has 5 saturated heterocycles. The van der Waals surface area contributed by atoms with Gasteiger partial charge >= 0.3 is 6.01 Å². The maximum absolute atomic E-state index is 17.2. The highest BCUT2D eigenvalue weighted by Gasteiger charge is 2.46. The van der Waals surface area contributed by atoms with Gasteiger partial charge in [0.15, 0.2) is 5.82 Å². The van der Waals surface area contributed by atoms with Crippen molar-refractivity contribution in [1.29, 1.82) is 0 Å². The molecule has 16 heteroatoms. The first kappa shape index (κ1) is 45.2. The number of ether oxygens (including phenoxy) is 1. The molecule has 1 aliphatic carbocycles. The van der Waals surface area contributed by atoms with Crippen molar-refractivity contribution in [2.75, 3.05) is 69.3 Å². The van der Waals surface area contributed by atoms with E-state index in [1.807, 2.05) is 30.3 Å². The number of carbonyl (C=O) groups excluding carboxylic acids is 3. The highest BCUT2D eigenvalue weighted by molar-refractivity contribution is 6.06. The second-order valence-electron chi connectivity index (χ2n) is 21.3. The number of imide groups is 1. The number of piperazine rings is 1. The van der Waals surface area contributed by atoms with E-state index in [4.69, 9.17) is 19.7 Å². The fourth-order valence-electron chi connectivity index (χ4n) is 12.7. The van der Waals surface area contributed by atoms with E-state index < -0.39 is 11.9 Å². The van der Waals surface area contributed by atoms with Crippen LogP contribution < -0.4 is 25.2 Å². The van der Waals surface area contributed by atoms with Crippen molar-refractivity contribution in [2.24, 2.45) is 5.41 Å². The van der Waals surface area contributed by atoms with E-state index in [0.29, 0.717) is 66.1 Å². The number of rotatable bonds is 12. The van der Waals surface area contributed by atoms with Gasteiger partial charge in [0.2, 0.25) is 11.8 Å². The van der Waals surface area contributed by atoms with Crippen LogP contribution in [0.2, 0.25) is 0 Å². The van der Waals surface area contributed by atoms with Gasteiger partial charge in [0.1, 0.15) is 28.8 Å². The Hall–Kier alpha value is -5.97. The number of likely N-dealkylation sites (tertiary alicyclic amines) is 1. The summed E-state index contributed by atoms with van der Waals surface area (Å²) in [5.41, 5.74) is 4.65. The number of piperidine rings is 3. The van der Waals surface area contributed by atoms with Crippen molar-refractivity contribution in [3.8, 4) is 23.0 Å². The Morgan fingerprint density at radius 3 is 2.37 bits per heavy atom. The number of nitrogens with one attached hydrogen (secondary N) is 2. The summed E-state index contributed by atoms with van der Waals surface area (Å²) in [4.78, 5) is 63.7. The standard InChI is InChI=1S/C54H63FN10O5/c1-3-32-5-4-6-33-24-40(66)25-42(46(32)33)48-47(55)49-43(26-56-48)50(64-28-35-7-8-36(29-64)57-35)60-53(59-49)70-31-54(17-18-54)30-62-19-13-37(14-20-62)61(2)38-15-21-63(22-16-38)39-9-10-41-34(23-39)27-65(52(41)69)44-11-12-45(67)58-51(44)68/h4-6,9-10,23-26,35-38,44,57,66H,3,7-8,11-22,27-31H2,1-2H3,(H,58,67,68)/t35?,36?,44-/m0/s1. The van der Waals surface area contributed by atoms with Crippen LogP contribution in [0.15, 0.2) is 54.7 Å². The molecule has 2 aromatic heterocycles. The third-order valence-electron chi connectivity index (χ3n) is 16.9. The molecule has 3 aromatic carbocycles. The van der Waals surface area contributed by atoms with Crippen molar-refractivity contribution in [3.63, 3.8) is 0 Å². The van der Waals surface area contributed by atoms with Crippen molar-refractivity contribution in [2.45, 2.75) is 114 Å². The van der Waals surface area contributed by atoms with Crippen LogP contribution in [0.1, 0.15) is 92.6 Å². The molecule has 366 valence electrons. The number of amides is 3. The maximum atomic E-state index is 17.2. The summed E-state index contributed by atoms with van der Waals surface area (Å²) in [6.45, 7) is 9.38. The number of hydrogen-bond donors (Lipinski definition) is 3. The molecule has 3 amide bonds. The molecule has 15 nitrogen and oxygen atoms in total. The van der Waals surface area contributed by atoms with E-state index in [0.717, 1.165) is 131 Å². The molecule has 6 fully saturated rings. The average molecular weight is 951 g/mol. The molecule has 1 saturated carbocycles. The Bertz CT molecular complexity index is 2880. The summed E-state index contributed by atoms with van der Waals surface area (Å²) >= 11 is 0. The fraction of sp³-hybridized carbons (Fsp3) is 0.519. The smallest absolute Gasteiger partial charge is 0.319 e. The van der Waals surface area contributed by atoms with Gasteiger partial charge in [0.25, 0.3) is 5.91 Å². The first-order valence-corrected chi connectivity index (χ1v) is 25.7. The fourth-order valence-corrected chi connectivity index (χ4v) is 12.7. The average Bonchev–Trinajstić information content (AvgIpc) is 3.95. The normalized spacial score (nSPS) is 24.0. The van der Waals surface area contributed by atoms with Crippen LogP contribution in [0.25, 0.3) is 32.9 Å². The second kappa shape index (κ2) is 18.0. The lowest BCUT2D eigenvalue weighted by Gasteiger charge is -2.44. The van der Waals surface area contributed by atoms with Crippen LogP contribution in [0.5, 0.6) is 11.8 Å².